The van der Waals surface area contributed by atoms with E-state index in [0.717, 1.165) is 38.4 Å². The van der Waals surface area contributed by atoms with Crippen LogP contribution in [0.1, 0.15) is 11.3 Å². The van der Waals surface area contributed by atoms with Crippen LogP contribution in [0.15, 0.2) is 83.5 Å². The van der Waals surface area contributed by atoms with E-state index in [1.807, 2.05) is 30.3 Å². The van der Waals surface area contributed by atoms with Crippen molar-refractivity contribution in [2.75, 3.05) is 43.0 Å². The summed E-state index contributed by atoms with van der Waals surface area (Å²) >= 11 is 0. The Morgan fingerprint density at radius 3 is 2.39 bits per heavy atom. The molecular weight excluding hydrogens is 418 g/mol. The van der Waals surface area contributed by atoms with Crippen molar-refractivity contribution in [3.8, 4) is 0 Å². The first-order valence-electron chi connectivity index (χ1n) is 11.0. The van der Waals surface area contributed by atoms with Gasteiger partial charge in [-0.15, -0.1) is 0 Å². The summed E-state index contributed by atoms with van der Waals surface area (Å²) in [6.07, 6.45) is 4.22. The van der Waals surface area contributed by atoms with E-state index in [-0.39, 0.29) is 6.61 Å². The Balaban J connectivity index is 1.19. The van der Waals surface area contributed by atoms with E-state index in [1.54, 1.807) is 12.1 Å². The zero-order valence-corrected chi connectivity index (χ0v) is 18.4. The fourth-order valence-electron chi connectivity index (χ4n) is 3.68. The molecule has 1 aromatic heterocycles. The number of esters is 1. The highest BCUT2D eigenvalue weighted by Crippen LogP contribution is 2.20. The summed E-state index contributed by atoms with van der Waals surface area (Å²) in [5.41, 5.74) is 3.13. The number of carbonyl (C=O) groups is 2. The third kappa shape index (κ3) is 6.82. The van der Waals surface area contributed by atoms with Gasteiger partial charge in [0.25, 0.3) is 5.91 Å². The zero-order chi connectivity index (χ0) is 22.9. The molecule has 2 heterocycles. The summed E-state index contributed by atoms with van der Waals surface area (Å²) in [5.74, 6) is -0.463. The Hall–Kier alpha value is -3.84. The highest BCUT2D eigenvalue weighted by molar-refractivity contribution is 5.94. The van der Waals surface area contributed by atoms with Crippen molar-refractivity contribution in [3.63, 3.8) is 0 Å². The number of benzene rings is 2. The molecule has 1 amide bonds. The third-order valence-corrected chi connectivity index (χ3v) is 5.41. The van der Waals surface area contributed by atoms with Gasteiger partial charge in [-0.05, 0) is 48.0 Å². The van der Waals surface area contributed by atoms with Crippen LogP contribution in [0.25, 0.3) is 6.08 Å². The first kappa shape index (κ1) is 22.4. The second-order valence-electron chi connectivity index (χ2n) is 7.80. The van der Waals surface area contributed by atoms with E-state index >= 15 is 0 Å². The Morgan fingerprint density at radius 1 is 0.939 bits per heavy atom. The molecule has 7 nitrogen and oxygen atoms in total. The molecule has 1 N–H and O–H groups in total. The lowest BCUT2D eigenvalue weighted by Crippen LogP contribution is -2.45. The summed E-state index contributed by atoms with van der Waals surface area (Å²) in [6.45, 7) is 4.55. The van der Waals surface area contributed by atoms with Gasteiger partial charge in [-0.1, -0.05) is 30.3 Å². The molecule has 0 unspecified atom stereocenters. The first-order chi connectivity index (χ1) is 16.2. The molecular formula is C26H27N3O4. The van der Waals surface area contributed by atoms with Crippen LogP contribution in [0.5, 0.6) is 0 Å². The maximum atomic E-state index is 12.1. The van der Waals surface area contributed by atoms with Crippen LogP contribution >= 0.6 is 0 Å². The minimum atomic E-state index is -0.608. The average molecular weight is 446 g/mol. The smallest absolute Gasteiger partial charge is 0.331 e. The molecule has 170 valence electrons. The van der Waals surface area contributed by atoms with Crippen LogP contribution in [-0.4, -0.2) is 49.6 Å². The molecule has 0 bridgehead atoms. The quantitative estimate of drug-likeness (QED) is 0.420. The number of nitrogens with one attached hydrogen (secondary N) is 1. The first-order valence-corrected chi connectivity index (χ1v) is 11.0. The minimum Gasteiger partial charge on any atom is -0.465 e. The van der Waals surface area contributed by atoms with E-state index in [9.17, 15) is 9.59 Å². The van der Waals surface area contributed by atoms with E-state index in [4.69, 9.17) is 9.15 Å². The van der Waals surface area contributed by atoms with Crippen molar-refractivity contribution < 1.29 is 18.7 Å². The average Bonchev–Trinajstić information content (AvgIpc) is 3.37. The Morgan fingerprint density at radius 2 is 1.70 bits per heavy atom. The number of piperazine rings is 1. The molecule has 0 spiro atoms. The highest BCUT2D eigenvalue weighted by atomic mass is 16.5. The van der Waals surface area contributed by atoms with Gasteiger partial charge in [0.2, 0.25) is 0 Å². The second kappa shape index (κ2) is 11.2. The van der Waals surface area contributed by atoms with E-state index < -0.39 is 11.9 Å². The lowest BCUT2D eigenvalue weighted by molar-refractivity contribution is -0.142. The summed E-state index contributed by atoms with van der Waals surface area (Å²) in [4.78, 5) is 28.6. The van der Waals surface area contributed by atoms with Gasteiger partial charge in [0, 0.05) is 50.2 Å². The number of hydrogen-bond donors (Lipinski definition) is 1. The van der Waals surface area contributed by atoms with Gasteiger partial charge in [0.1, 0.15) is 5.76 Å². The van der Waals surface area contributed by atoms with Crippen molar-refractivity contribution in [1.29, 1.82) is 0 Å². The summed E-state index contributed by atoms with van der Waals surface area (Å²) in [6, 6.07) is 21.7. The number of nitrogens with zero attached hydrogens (tertiary/aromatic N) is 2. The van der Waals surface area contributed by atoms with Crippen LogP contribution in [-0.2, 0) is 20.9 Å². The molecule has 0 atom stereocenters. The van der Waals surface area contributed by atoms with Gasteiger partial charge in [0.05, 0.1) is 6.26 Å². The van der Waals surface area contributed by atoms with E-state index in [0.29, 0.717) is 11.4 Å². The van der Waals surface area contributed by atoms with Crippen LogP contribution in [0.2, 0.25) is 0 Å². The number of furan rings is 1. The number of anilines is 2. The van der Waals surface area contributed by atoms with Crippen molar-refractivity contribution >= 4 is 29.3 Å². The molecule has 3 aromatic rings. The minimum absolute atomic E-state index is 0.355. The highest BCUT2D eigenvalue weighted by Gasteiger charge is 2.17. The Bertz CT molecular complexity index is 1050. The molecule has 33 heavy (non-hydrogen) atoms. The predicted molar refractivity (Wildman–Crippen MR) is 128 cm³/mol. The molecule has 1 saturated heterocycles. The van der Waals surface area contributed by atoms with E-state index in [2.05, 4.69) is 39.4 Å². The van der Waals surface area contributed by atoms with Gasteiger partial charge >= 0.3 is 5.97 Å². The monoisotopic (exact) mass is 445 g/mol. The third-order valence-electron chi connectivity index (χ3n) is 5.41. The topological polar surface area (TPSA) is 75.0 Å². The maximum absolute atomic E-state index is 12.1. The van der Waals surface area contributed by atoms with Crippen LogP contribution in [0, 0.1) is 0 Å². The molecule has 0 saturated carbocycles. The van der Waals surface area contributed by atoms with Gasteiger partial charge < -0.3 is 19.4 Å². The Labute approximate surface area is 193 Å². The maximum Gasteiger partial charge on any atom is 0.331 e. The van der Waals surface area contributed by atoms with Crippen LogP contribution in [0.3, 0.4) is 0 Å². The van der Waals surface area contributed by atoms with Crippen molar-refractivity contribution in [2.24, 2.45) is 0 Å². The standard InChI is InChI=1S/C26H27N3O4/c30-25(20-33-26(31)13-12-24-7-4-18-32-24)27-22-8-10-23(11-9-22)29-16-14-28(15-17-29)19-21-5-2-1-3-6-21/h1-13,18H,14-17,19-20H2,(H,27,30)/b13-12+. The van der Waals surface area contributed by atoms with Gasteiger partial charge in [0.15, 0.2) is 6.61 Å². The summed E-state index contributed by atoms with van der Waals surface area (Å²) < 4.78 is 10.0. The van der Waals surface area contributed by atoms with Crippen LogP contribution in [0.4, 0.5) is 11.4 Å². The van der Waals surface area contributed by atoms with E-state index in [1.165, 1.54) is 24.0 Å². The largest absolute Gasteiger partial charge is 0.465 e. The number of amides is 1. The summed E-state index contributed by atoms with van der Waals surface area (Å²) in [7, 11) is 0. The lowest BCUT2D eigenvalue weighted by Gasteiger charge is -2.36. The van der Waals surface area contributed by atoms with Crippen molar-refractivity contribution in [1.82, 2.24) is 4.90 Å². The van der Waals surface area contributed by atoms with Crippen molar-refractivity contribution in [2.45, 2.75) is 6.54 Å². The molecule has 2 aromatic carbocycles. The lowest BCUT2D eigenvalue weighted by atomic mass is 10.2. The molecule has 1 aliphatic rings. The van der Waals surface area contributed by atoms with Gasteiger partial charge in [-0.2, -0.15) is 0 Å². The Kier molecular flexibility index (Phi) is 7.56. The number of rotatable bonds is 8. The fraction of sp³-hybridized carbons (Fsp3) is 0.231. The molecule has 0 aliphatic carbocycles. The number of ether oxygens (including phenoxy) is 1. The van der Waals surface area contributed by atoms with Crippen LogP contribution < -0.4 is 10.2 Å². The van der Waals surface area contributed by atoms with Gasteiger partial charge in [-0.25, -0.2) is 4.79 Å². The van der Waals surface area contributed by atoms with Gasteiger partial charge in [-0.3, -0.25) is 9.69 Å². The SMILES string of the molecule is O=C(COC(=O)/C=C/c1ccco1)Nc1ccc(N2CCN(Cc3ccccc3)CC2)cc1. The summed E-state index contributed by atoms with van der Waals surface area (Å²) in [5, 5.41) is 2.75. The molecule has 4 rings (SSSR count). The second-order valence-corrected chi connectivity index (χ2v) is 7.80. The molecule has 0 radical (unpaired) electrons. The predicted octanol–water partition coefficient (Wildman–Crippen LogP) is 3.80. The normalized spacial score (nSPS) is 14.4. The number of hydrogen-bond acceptors (Lipinski definition) is 6. The molecule has 1 aliphatic heterocycles. The fourth-order valence-corrected chi connectivity index (χ4v) is 3.68. The molecule has 1 fully saturated rings. The number of carbonyl (C=O) groups excluding carboxylic acids is 2. The van der Waals surface area contributed by atoms with Crippen molar-refractivity contribution in [3.05, 3.63) is 90.4 Å². The molecule has 7 heteroatoms. The zero-order valence-electron chi connectivity index (χ0n) is 18.4.